The number of carbonyl (C=O) groups excluding carboxylic acids is 2. The van der Waals surface area contributed by atoms with Gasteiger partial charge in [-0.15, -0.1) is 11.3 Å². The van der Waals surface area contributed by atoms with Crippen LogP contribution in [0.5, 0.6) is 0 Å². The van der Waals surface area contributed by atoms with Crippen LogP contribution in [0, 0.1) is 0 Å². The van der Waals surface area contributed by atoms with Crippen LogP contribution in [-0.2, 0) is 0 Å². The Morgan fingerprint density at radius 2 is 1.88 bits per heavy atom. The molecular formula is C25H32N4O2S. The number of thiophene rings is 1. The fourth-order valence-electron chi connectivity index (χ4n) is 2.84. The summed E-state index contributed by atoms with van der Waals surface area (Å²) >= 11 is 1.27. The van der Waals surface area contributed by atoms with E-state index in [4.69, 9.17) is 0 Å². The van der Waals surface area contributed by atoms with Gasteiger partial charge in [-0.05, 0) is 31.5 Å². The number of aldehydes is 1. The summed E-state index contributed by atoms with van der Waals surface area (Å²) in [6, 6.07) is 10.9. The Kier molecular flexibility index (Phi) is 10.5. The maximum Gasteiger partial charge on any atom is 0.255 e. The van der Waals surface area contributed by atoms with Crippen molar-refractivity contribution in [3.8, 4) is 0 Å². The van der Waals surface area contributed by atoms with Gasteiger partial charge in [0.25, 0.3) is 5.91 Å². The topological polar surface area (TPSA) is 83.4 Å². The van der Waals surface area contributed by atoms with E-state index >= 15 is 0 Å². The lowest BCUT2D eigenvalue weighted by Gasteiger charge is -2.09. The molecule has 0 saturated heterocycles. The van der Waals surface area contributed by atoms with Crippen LogP contribution in [0.4, 0.5) is 11.4 Å². The first-order chi connectivity index (χ1) is 15.5. The van der Waals surface area contributed by atoms with Gasteiger partial charge in [0.05, 0.1) is 28.0 Å². The van der Waals surface area contributed by atoms with Crippen molar-refractivity contribution in [2.24, 2.45) is 4.99 Å². The molecule has 3 rings (SSSR count). The lowest BCUT2D eigenvalue weighted by molar-refractivity contribution is 0.102. The molecule has 2 N–H and O–H groups in total. The predicted molar refractivity (Wildman–Crippen MR) is 136 cm³/mol. The number of hydrogen-bond acceptors (Lipinski definition) is 5. The van der Waals surface area contributed by atoms with Crippen LogP contribution in [-0.4, -0.2) is 29.6 Å². The summed E-state index contributed by atoms with van der Waals surface area (Å²) in [6.07, 6.45) is 8.99. The minimum absolute atomic E-state index is 0.178. The van der Waals surface area contributed by atoms with Gasteiger partial charge in [0, 0.05) is 17.8 Å². The Balaban J connectivity index is 0.000000654. The van der Waals surface area contributed by atoms with Gasteiger partial charge in [0.1, 0.15) is 4.83 Å². The molecule has 0 aliphatic heterocycles. The van der Waals surface area contributed by atoms with Gasteiger partial charge in [-0.2, -0.15) is 0 Å². The van der Waals surface area contributed by atoms with Crippen molar-refractivity contribution in [3.05, 3.63) is 53.0 Å². The van der Waals surface area contributed by atoms with Gasteiger partial charge in [-0.3, -0.25) is 14.6 Å². The van der Waals surface area contributed by atoms with Crippen molar-refractivity contribution < 1.29 is 9.59 Å². The molecule has 170 valence electrons. The Morgan fingerprint density at radius 1 is 1.16 bits per heavy atom. The summed E-state index contributed by atoms with van der Waals surface area (Å²) in [5.74, 6) is -0.221. The van der Waals surface area contributed by atoms with E-state index in [2.05, 4.69) is 41.4 Å². The van der Waals surface area contributed by atoms with E-state index in [-0.39, 0.29) is 11.9 Å². The zero-order valence-electron chi connectivity index (χ0n) is 19.2. The SMILES string of the molecule is CCC(C)N=CNc1c(C=O)sc2nccc(NC(=O)c3ccccc3)c12.CCCCC. The molecule has 0 radical (unpaired) electrons. The molecule has 6 nitrogen and oxygen atoms in total. The second kappa shape index (κ2) is 13.4. The molecule has 0 saturated carbocycles. The monoisotopic (exact) mass is 452 g/mol. The number of pyridine rings is 1. The van der Waals surface area contributed by atoms with Crippen LogP contribution in [0.1, 0.15) is 73.4 Å². The number of unbranched alkanes of at least 4 members (excludes halogenated alkanes) is 2. The van der Waals surface area contributed by atoms with Gasteiger partial charge in [0.15, 0.2) is 6.29 Å². The number of rotatable bonds is 9. The average molecular weight is 453 g/mol. The van der Waals surface area contributed by atoms with Gasteiger partial charge in [-0.25, -0.2) is 4.98 Å². The number of carbonyl (C=O) groups is 2. The summed E-state index contributed by atoms with van der Waals surface area (Å²) < 4.78 is 0. The molecule has 1 amide bonds. The number of nitrogens with one attached hydrogen (secondary N) is 2. The fourth-order valence-corrected chi connectivity index (χ4v) is 3.79. The number of anilines is 2. The number of nitrogens with zero attached hydrogens (tertiary/aromatic N) is 2. The van der Waals surface area contributed by atoms with Crippen LogP contribution < -0.4 is 10.6 Å². The highest BCUT2D eigenvalue weighted by Crippen LogP contribution is 2.38. The third kappa shape index (κ3) is 6.99. The van der Waals surface area contributed by atoms with E-state index in [1.807, 2.05) is 25.1 Å². The van der Waals surface area contributed by atoms with Crippen molar-refractivity contribution in [3.63, 3.8) is 0 Å². The van der Waals surface area contributed by atoms with Gasteiger partial charge in [0.2, 0.25) is 0 Å². The number of hydrogen-bond donors (Lipinski definition) is 2. The standard InChI is InChI=1S/C20H20N4O2S.C5H12/c1-3-13(2)22-12-23-18-16(11-25)27-20-17(18)15(9-10-21-20)24-19(26)14-7-5-4-6-8-14;1-3-5-4-2/h4-13H,3H2,1-2H3,(H,22,23)(H,21,24,26);3-5H2,1-2H3. The van der Waals surface area contributed by atoms with Crippen LogP contribution in [0.15, 0.2) is 47.6 Å². The molecule has 0 spiro atoms. The average Bonchev–Trinajstić information content (AvgIpc) is 3.19. The number of aliphatic imine (C=N–C) groups is 1. The summed E-state index contributed by atoms with van der Waals surface area (Å²) in [5.41, 5.74) is 1.76. The molecule has 1 unspecified atom stereocenters. The first-order valence-corrected chi connectivity index (χ1v) is 11.9. The molecule has 1 atom stereocenters. The quantitative estimate of drug-likeness (QED) is 0.212. The molecule has 7 heteroatoms. The summed E-state index contributed by atoms with van der Waals surface area (Å²) in [7, 11) is 0. The van der Waals surface area contributed by atoms with E-state index in [9.17, 15) is 9.59 Å². The second-order valence-electron chi connectivity index (χ2n) is 7.35. The van der Waals surface area contributed by atoms with E-state index in [0.717, 1.165) is 12.7 Å². The third-order valence-electron chi connectivity index (χ3n) is 4.85. The van der Waals surface area contributed by atoms with E-state index in [0.29, 0.717) is 32.0 Å². The number of aromatic nitrogens is 1. The highest BCUT2D eigenvalue weighted by Gasteiger charge is 2.17. The molecule has 0 fully saturated rings. The summed E-state index contributed by atoms with van der Waals surface area (Å²) in [5, 5.41) is 6.72. The highest BCUT2D eigenvalue weighted by atomic mass is 32.1. The third-order valence-corrected chi connectivity index (χ3v) is 5.87. The van der Waals surface area contributed by atoms with Crippen molar-refractivity contribution in [1.29, 1.82) is 0 Å². The largest absolute Gasteiger partial charge is 0.345 e. The van der Waals surface area contributed by atoms with Gasteiger partial charge >= 0.3 is 0 Å². The molecule has 3 aromatic rings. The lowest BCUT2D eigenvalue weighted by atomic mass is 10.2. The van der Waals surface area contributed by atoms with Crippen LogP contribution in [0.3, 0.4) is 0 Å². The van der Waals surface area contributed by atoms with Crippen molar-refractivity contribution in [2.75, 3.05) is 10.6 Å². The van der Waals surface area contributed by atoms with Crippen molar-refractivity contribution >= 4 is 51.5 Å². The maximum atomic E-state index is 12.5. The molecular weight excluding hydrogens is 420 g/mol. The van der Waals surface area contributed by atoms with E-state index in [1.165, 1.54) is 30.6 Å². The summed E-state index contributed by atoms with van der Waals surface area (Å²) in [6.45, 7) is 8.49. The van der Waals surface area contributed by atoms with Crippen LogP contribution >= 0.6 is 11.3 Å². The predicted octanol–water partition coefficient (Wildman–Crippen LogP) is 6.80. The van der Waals surface area contributed by atoms with Crippen LogP contribution in [0.2, 0.25) is 0 Å². The second-order valence-corrected chi connectivity index (χ2v) is 8.38. The number of amides is 1. The molecule has 1 aromatic carbocycles. The molecule has 0 aliphatic rings. The van der Waals surface area contributed by atoms with Crippen molar-refractivity contribution in [1.82, 2.24) is 4.98 Å². The normalized spacial score (nSPS) is 11.6. The zero-order valence-corrected chi connectivity index (χ0v) is 20.0. The number of fused-ring (bicyclic) bond motifs is 1. The molecule has 0 bridgehead atoms. The molecule has 0 aliphatic carbocycles. The van der Waals surface area contributed by atoms with Crippen molar-refractivity contribution in [2.45, 2.75) is 59.4 Å². The fraction of sp³-hybridized carbons (Fsp3) is 0.360. The first kappa shape index (κ1) is 25.2. The van der Waals surface area contributed by atoms with E-state index < -0.39 is 0 Å². The first-order valence-electron chi connectivity index (χ1n) is 11.1. The smallest absolute Gasteiger partial charge is 0.255 e. The maximum absolute atomic E-state index is 12.5. The Morgan fingerprint density at radius 3 is 2.47 bits per heavy atom. The Labute approximate surface area is 194 Å². The minimum atomic E-state index is -0.221. The van der Waals surface area contributed by atoms with Crippen LogP contribution in [0.25, 0.3) is 10.2 Å². The zero-order chi connectivity index (χ0) is 23.3. The van der Waals surface area contributed by atoms with Gasteiger partial charge in [-0.1, -0.05) is 58.2 Å². The Bertz CT molecular complexity index is 1030. The number of benzene rings is 1. The van der Waals surface area contributed by atoms with E-state index in [1.54, 1.807) is 30.7 Å². The summed E-state index contributed by atoms with van der Waals surface area (Å²) in [4.78, 5) is 34.0. The molecule has 2 aromatic heterocycles. The minimum Gasteiger partial charge on any atom is -0.345 e. The Hall–Kier alpha value is -3.06. The van der Waals surface area contributed by atoms with Gasteiger partial charge < -0.3 is 10.6 Å². The molecule has 2 heterocycles. The lowest BCUT2D eigenvalue weighted by Crippen LogP contribution is -2.12. The highest BCUT2D eigenvalue weighted by molar-refractivity contribution is 7.21. The molecule has 32 heavy (non-hydrogen) atoms.